The van der Waals surface area contributed by atoms with E-state index in [0.717, 1.165) is 18.9 Å². The summed E-state index contributed by atoms with van der Waals surface area (Å²) in [6.45, 7) is 1.84. The molecule has 2 bridgehead atoms. The van der Waals surface area contributed by atoms with Crippen LogP contribution in [-0.4, -0.2) is 16.5 Å². The first kappa shape index (κ1) is 14.0. The molecule has 0 fully saturated rings. The van der Waals surface area contributed by atoms with Crippen LogP contribution < -0.4 is 5.32 Å². The number of fused-ring (bicyclic) bond motifs is 1. The predicted molar refractivity (Wildman–Crippen MR) is 95.0 cm³/mol. The van der Waals surface area contributed by atoms with E-state index in [0.29, 0.717) is 17.8 Å². The quantitative estimate of drug-likeness (QED) is 0.769. The molecule has 24 heavy (non-hydrogen) atoms. The third-order valence-electron chi connectivity index (χ3n) is 5.68. The van der Waals surface area contributed by atoms with Crippen molar-refractivity contribution in [1.29, 1.82) is 0 Å². The van der Waals surface area contributed by atoms with Gasteiger partial charge in [-0.3, -0.25) is 0 Å². The third kappa shape index (κ3) is 2.12. The number of H-pyrrole nitrogens is 1. The molecule has 3 heteroatoms. The van der Waals surface area contributed by atoms with Gasteiger partial charge in [-0.05, 0) is 41.1 Å². The second kappa shape index (κ2) is 5.60. The largest absolute Gasteiger partial charge is 0.348 e. The molecular formula is C21H21N3. The van der Waals surface area contributed by atoms with Crippen LogP contribution >= 0.6 is 0 Å². The molecule has 3 aliphatic rings. The van der Waals surface area contributed by atoms with E-state index in [-0.39, 0.29) is 0 Å². The summed E-state index contributed by atoms with van der Waals surface area (Å²) in [6, 6.07) is 18.1. The zero-order valence-corrected chi connectivity index (χ0v) is 13.6. The first-order valence-corrected chi connectivity index (χ1v) is 8.78. The first-order chi connectivity index (χ1) is 11.9. The summed E-state index contributed by atoms with van der Waals surface area (Å²) in [5, 5.41) is 3.61. The number of aromatic nitrogens is 2. The fraction of sp³-hybridized carbons (Fsp3) is 0.286. The predicted octanol–water partition coefficient (Wildman–Crippen LogP) is 3.80. The minimum atomic E-state index is 0.520. The average molecular weight is 315 g/mol. The Bertz CT molecular complexity index is 806. The van der Waals surface area contributed by atoms with Gasteiger partial charge >= 0.3 is 0 Å². The summed E-state index contributed by atoms with van der Waals surface area (Å²) < 4.78 is 0. The van der Waals surface area contributed by atoms with E-state index in [2.05, 4.69) is 63.8 Å². The van der Waals surface area contributed by atoms with Gasteiger partial charge in [0.15, 0.2) is 0 Å². The van der Waals surface area contributed by atoms with Crippen LogP contribution in [0.1, 0.15) is 46.3 Å². The van der Waals surface area contributed by atoms with E-state index < -0.39 is 0 Å². The average Bonchev–Trinajstić information content (AvgIpc) is 3.15. The van der Waals surface area contributed by atoms with Gasteiger partial charge in [0.1, 0.15) is 5.82 Å². The lowest BCUT2D eigenvalue weighted by molar-refractivity contribution is 0.338. The van der Waals surface area contributed by atoms with Crippen LogP contribution in [-0.2, 0) is 6.54 Å². The third-order valence-corrected chi connectivity index (χ3v) is 5.68. The molecule has 1 aromatic heterocycles. The number of aromatic amines is 1. The molecule has 0 amide bonds. The minimum absolute atomic E-state index is 0.520. The van der Waals surface area contributed by atoms with Crippen molar-refractivity contribution in [2.75, 3.05) is 6.54 Å². The van der Waals surface area contributed by atoms with Crippen LogP contribution in [0.25, 0.3) is 0 Å². The molecule has 6 rings (SSSR count). The Labute approximate surface area is 142 Å². The molecule has 0 saturated heterocycles. The molecular weight excluding hydrogens is 294 g/mol. The van der Waals surface area contributed by atoms with E-state index in [1.807, 2.05) is 12.4 Å². The Morgan fingerprint density at radius 1 is 0.958 bits per heavy atom. The highest BCUT2D eigenvalue weighted by Gasteiger charge is 2.42. The number of hydrogen-bond acceptors (Lipinski definition) is 2. The Hall–Kier alpha value is -2.39. The Kier molecular flexibility index (Phi) is 3.27. The summed E-state index contributed by atoms with van der Waals surface area (Å²) >= 11 is 0. The van der Waals surface area contributed by atoms with Crippen molar-refractivity contribution < 1.29 is 0 Å². The minimum Gasteiger partial charge on any atom is -0.348 e. The van der Waals surface area contributed by atoms with Crippen molar-refractivity contribution in [3.05, 3.63) is 89.0 Å². The van der Waals surface area contributed by atoms with Crippen LogP contribution in [0.3, 0.4) is 0 Å². The Morgan fingerprint density at radius 2 is 1.62 bits per heavy atom. The van der Waals surface area contributed by atoms with Gasteiger partial charge < -0.3 is 10.3 Å². The van der Waals surface area contributed by atoms with Gasteiger partial charge in [-0.1, -0.05) is 48.5 Å². The SMILES string of the molecule is c1ccc2c(c1)C1CC(CNCc3ncc[nH]3)C2c2ccccc21. The molecule has 2 aromatic carbocycles. The van der Waals surface area contributed by atoms with E-state index in [4.69, 9.17) is 0 Å². The number of hydrogen-bond donors (Lipinski definition) is 2. The lowest BCUT2D eigenvalue weighted by Crippen LogP contribution is -2.37. The molecule has 3 aliphatic carbocycles. The summed E-state index contributed by atoms with van der Waals surface area (Å²) in [4.78, 5) is 7.47. The van der Waals surface area contributed by atoms with E-state index in [9.17, 15) is 0 Å². The van der Waals surface area contributed by atoms with Gasteiger partial charge in [-0.25, -0.2) is 4.98 Å². The second-order valence-electron chi connectivity index (χ2n) is 6.95. The van der Waals surface area contributed by atoms with Crippen LogP contribution in [0.4, 0.5) is 0 Å². The van der Waals surface area contributed by atoms with Gasteiger partial charge in [0.05, 0.1) is 6.54 Å². The van der Waals surface area contributed by atoms with Crippen LogP contribution in [0.15, 0.2) is 60.9 Å². The first-order valence-electron chi connectivity index (χ1n) is 8.78. The molecule has 0 radical (unpaired) electrons. The topological polar surface area (TPSA) is 40.7 Å². The molecule has 1 atom stereocenters. The lowest BCUT2D eigenvalue weighted by Gasteiger charge is -2.45. The number of benzene rings is 2. The monoisotopic (exact) mass is 315 g/mol. The standard InChI is InChI=1S/C21H21N3/c1-3-7-17-15(5-1)19-11-14(12-22-13-20-23-9-10-24-20)21(17)18-8-4-2-6-16(18)19/h1-10,14,19,21-22H,11-13H2,(H,23,24). The van der Waals surface area contributed by atoms with E-state index >= 15 is 0 Å². The van der Waals surface area contributed by atoms with Crippen molar-refractivity contribution in [3.63, 3.8) is 0 Å². The molecule has 0 saturated carbocycles. The maximum Gasteiger partial charge on any atom is 0.120 e. The smallest absolute Gasteiger partial charge is 0.120 e. The fourth-order valence-corrected chi connectivity index (χ4v) is 4.73. The second-order valence-corrected chi connectivity index (χ2v) is 6.95. The van der Waals surface area contributed by atoms with E-state index in [1.165, 1.54) is 17.5 Å². The zero-order chi connectivity index (χ0) is 15.9. The van der Waals surface area contributed by atoms with Crippen molar-refractivity contribution >= 4 is 0 Å². The number of rotatable bonds is 4. The highest BCUT2D eigenvalue weighted by molar-refractivity contribution is 5.55. The van der Waals surface area contributed by atoms with Crippen molar-refractivity contribution in [2.45, 2.75) is 24.8 Å². The van der Waals surface area contributed by atoms with Crippen molar-refractivity contribution in [2.24, 2.45) is 5.92 Å². The van der Waals surface area contributed by atoms with Gasteiger partial charge in [0.25, 0.3) is 0 Å². The van der Waals surface area contributed by atoms with Gasteiger partial charge in [0, 0.05) is 24.2 Å². The molecule has 1 unspecified atom stereocenters. The van der Waals surface area contributed by atoms with Crippen LogP contribution in [0, 0.1) is 5.92 Å². The summed E-state index contributed by atoms with van der Waals surface area (Å²) in [5.41, 5.74) is 6.17. The molecule has 1 heterocycles. The van der Waals surface area contributed by atoms with Gasteiger partial charge in [-0.15, -0.1) is 0 Å². The normalized spacial score (nSPS) is 23.8. The van der Waals surface area contributed by atoms with Gasteiger partial charge in [-0.2, -0.15) is 0 Å². The highest BCUT2D eigenvalue weighted by atomic mass is 15.0. The number of imidazole rings is 1. The molecule has 2 N–H and O–H groups in total. The van der Waals surface area contributed by atoms with Crippen molar-refractivity contribution in [3.8, 4) is 0 Å². The van der Waals surface area contributed by atoms with Crippen LogP contribution in [0.2, 0.25) is 0 Å². The molecule has 0 spiro atoms. The fourth-order valence-electron chi connectivity index (χ4n) is 4.73. The van der Waals surface area contributed by atoms with E-state index in [1.54, 1.807) is 11.1 Å². The summed E-state index contributed by atoms with van der Waals surface area (Å²) in [6.07, 6.45) is 4.93. The summed E-state index contributed by atoms with van der Waals surface area (Å²) in [5.74, 6) is 2.73. The number of nitrogens with zero attached hydrogens (tertiary/aromatic N) is 1. The molecule has 3 aromatic rings. The lowest BCUT2D eigenvalue weighted by atomic mass is 9.59. The zero-order valence-electron chi connectivity index (χ0n) is 13.6. The maximum atomic E-state index is 4.30. The molecule has 120 valence electrons. The van der Waals surface area contributed by atoms with Crippen LogP contribution in [0.5, 0.6) is 0 Å². The van der Waals surface area contributed by atoms with Gasteiger partial charge in [0.2, 0.25) is 0 Å². The molecule has 0 aliphatic heterocycles. The highest BCUT2D eigenvalue weighted by Crippen LogP contribution is 2.55. The Balaban J connectivity index is 1.45. The molecule has 3 nitrogen and oxygen atoms in total. The number of nitrogens with one attached hydrogen (secondary N) is 2. The summed E-state index contributed by atoms with van der Waals surface area (Å²) in [7, 11) is 0. The Morgan fingerprint density at radius 3 is 2.25 bits per heavy atom. The maximum absolute atomic E-state index is 4.30. The van der Waals surface area contributed by atoms with Crippen molar-refractivity contribution in [1.82, 2.24) is 15.3 Å².